The third-order valence-corrected chi connectivity index (χ3v) is 4.03. The molecule has 6 nitrogen and oxygen atoms in total. The van der Waals surface area contributed by atoms with Crippen molar-refractivity contribution in [2.45, 2.75) is 6.92 Å². The van der Waals surface area contributed by atoms with Crippen LogP contribution in [-0.4, -0.2) is 11.8 Å². The number of hydrogen-bond acceptors (Lipinski definition) is 4. The van der Waals surface area contributed by atoms with E-state index in [1.54, 1.807) is 66.7 Å². The monoisotopic (exact) mass is 360 g/mol. The zero-order valence-electron chi connectivity index (χ0n) is 14.8. The lowest BCUT2D eigenvalue weighted by Crippen LogP contribution is -2.14. The minimum Gasteiger partial charge on any atom is -0.399 e. The predicted molar refractivity (Wildman–Crippen MR) is 109 cm³/mol. The van der Waals surface area contributed by atoms with E-state index in [-0.39, 0.29) is 11.8 Å². The summed E-state index contributed by atoms with van der Waals surface area (Å²) in [5, 5.41) is 5.67. The first kappa shape index (κ1) is 18.0. The van der Waals surface area contributed by atoms with Crippen molar-refractivity contribution in [3.63, 3.8) is 0 Å². The molecule has 0 atom stereocenters. The van der Waals surface area contributed by atoms with Gasteiger partial charge in [0.25, 0.3) is 11.8 Å². The Labute approximate surface area is 157 Å². The quantitative estimate of drug-likeness (QED) is 0.532. The number of hydrogen-bond donors (Lipinski definition) is 4. The molecule has 0 aliphatic carbocycles. The molecule has 0 heterocycles. The Bertz CT molecular complexity index is 1010. The van der Waals surface area contributed by atoms with E-state index in [1.807, 2.05) is 6.92 Å². The molecule has 0 radical (unpaired) electrons. The summed E-state index contributed by atoms with van der Waals surface area (Å²) in [4.78, 5) is 24.7. The normalized spacial score (nSPS) is 10.3. The lowest BCUT2D eigenvalue weighted by molar-refractivity contribution is 0.101. The van der Waals surface area contributed by atoms with Crippen molar-refractivity contribution in [2.24, 2.45) is 0 Å². The molecule has 3 aromatic rings. The van der Waals surface area contributed by atoms with Crippen LogP contribution in [0.15, 0.2) is 66.7 Å². The van der Waals surface area contributed by atoms with Gasteiger partial charge in [-0.15, -0.1) is 0 Å². The Kier molecular flexibility index (Phi) is 5.08. The lowest BCUT2D eigenvalue weighted by atomic mass is 10.1. The van der Waals surface area contributed by atoms with Gasteiger partial charge in [-0.1, -0.05) is 12.1 Å². The maximum atomic E-state index is 12.3. The van der Waals surface area contributed by atoms with Gasteiger partial charge < -0.3 is 22.1 Å². The molecular weight excluding hydrogens is 340 g/mol. The van der Waals surface area contributed by atoms with E-state index in [0.717, 1.165) is 5.56 Å². The van der Waals surface area contributed by atoms with E-state index >= 15 is 0 Å². The summed E-state index contributed by atoms with van der Waals surface area (Å²) >= 11 is 0. The van der Waals surface area contributed by atoms with Gasteiger partial charge in [-0.05, 0) is 67.1 Å². The molecule has 6 N–H and O–H groups in total. The van der Waals surface area contributed by atoms with Crippen LogP contribution in [0.2, 0.25) is 0 Å². The van der Waals surface area contributed by atoms with Crippen LogP contribution < -0.4 is 22.1 Å². The average molecular weight is 360 g/mol. The predicted octanol–water partition coefficient (Wildman–Crippen LogP) is 3.66. The van der Waals surface area contributed by atoms with Crippen molar-refractivity contribution in [3.05, 3.63) is 83.4 Å². The molecule has 27 heavy (non-hydrogen) atoms. The van der Waals surface area contributed by atoms with Crippen molar-refractivity contribution in [3.8, 4) is 0 Å². The number of benzene rings is 3. The first-order chi connectivity index (χ1) is 12.9. The smallest absolute Gasteiger partial charge is 0.255 e. The van der Waals surface area contributed by atoms with Gasteiger partial charge in [0, 0.05) is 33.9 Å². The molecule has 0 saturated carbocycles. The second-order valence-corrected chi connectivity index (χ2v) is 6.19. The van der Waals surface area contributed by atoms with Crippen LogP contribution >= 0.6 is 0 Å². The first-order valence-corrected chi connectivity index (χ1v) is 8.37. The van der Waals surface area contributed by atoms with Crippen LogP contribution in [0.1, 0.15) is 26.3 Å². The highest BCUT2D eigenvalue weighted by molar-refractivity contribution is 6.06. The van der Waals surface area contributed by atoms with Gasteiger partial charge in [0.1, 0.15) is 0 Å². The highest BCUT2D eigenvalue weighted by Crippen LogP contribution is 2.21. The van der Waals surface area contributed by atoms with E-state index in [0.29, 0.717) is 33.9 Å². The van der Waals surface area contributed by atoms with Crippen molar-refractivity contribution in [1.82, 2.24) is 0 Å². The Balaban J connectivity index is 1.72. The summed E-state index contributed by atoms with van der Waals surface area (Å²) in [6, 6.07) is 18.8. The van der Waals surface area contributed by atoms with Crippen LogP contribution in [-0.2, 0) is 0 Å². The molecule has 0 aliphatic heterocycles. The molecule has 0 bridgehead atoms. The number of carbonyl (C=O) groups is 2. The number of aryl methyl sites for hydroxylation is 1. The minimum absolute atomic E-state index is 0.248. The molecule has 0 aliphatic rings. The largest absolute Gasteiger partial charge is 0.399 e. The topological polar surface area (TPSA) is 110 Å². The van der Waals surface area contributed by atoms with Crippen molar-refractivity contribution >= 4 is 34.6 Å². The molecule has 136 valence electrons. The molecule has 6 heteroatoms. The van der Waals surface area contributed by atoms with Crippen LogP contribution in [0.3, 0.4) is 0 Å². The summed E-state index contributed by atoms with van der Waals surface area (Å²) < 4.78 is 0. The molecular formula is C21H20N4O2. The molecule has 0 unspecified atom stereocenters. The summed E-state index contributed by atoms with van der Waals surface area (Å²) in [6.45, 7) is 1.85. The van der Waals surface area contributed by atoms with Crippen LogP contribution in [0.4, 0.5) is 22.7 Å². The first-order valence-electron chi connectivity index (χ1n) is 8.37. The third kappa shape index (κ3) is 4.43. The Morgan fingerprint density at radius 1 is 0.741 bits per heavy atom. The van der Waals surface area contributed by atoms with E-state index in [4.69, 9.17) is 11.5 Å². The van der Waals surface area contributed by atoms with Crippen molar-refractivity contribution in [1.29, 1.82) is 0 Å². The zero-order chi connectivity index (χ0) is 19.4. The fourth-order valence-electron chi connectivity index (χ4n) is 2.64. The lowest BCUT2D eigenvalue weighted by Gasteiger charge is -2.12. The summed E-state index contributed by atoms with van der Waals surface area (Å²) in [7, 11) is 0. The van der Waals surface area contributed by atoms with Crippen LogP contribution in [0.5, 0.6) is 0 Å². The van der Waals surface area contributed by atoms with Gasteiger partial charge in [-0.2, -0.15) is 0 Å². The second kappa shape index (κ2) is 7.61. The summed E-state index contributed by atoms with van der Waals surface area (Å²) in [5.41, 5.74) is 15.5. The number of nitrogens with one attached hydrogen (secondary N) is 2. The van der Waals surface area contributed by atoms with Gasteiger partial charge in [-0.3, -0.25) is 9.59 Å². The number of nitrogens with two attached hydrogens (primary N) is 2. The van der Waals surface area contributed by atoms with Gasteiger partial charge in [0.15, 0.2) is 0 Å². The highest BCUT2D eigenvalue weighted by Gasteiger charge is 2.10. The Hall–Kier alpha value is -3.80. The standard InChI is InChI=1S/C21H20N4O2/c1-13-10-18(24-20(26)14-4-2-6-16(22)11-14)8-9-19(13)25-21(27)15-5-3-7-17(23)12-15/h2-12H,22-23H2,1H3,(H,24,26)(H,25,27). The van der Waals surface area contributed by atoms with E-state index < -0.39 is 0 Å². The molecule has 0 saturated heterocycles. The number of rotatable bonds is 4. The molecule has 0 fully saturated rings. The van der Waals surface area contributed by atoms with Crippen LogP contribution in [0.25, 0.3) is 0 Å². The number of amides is 2. The molecule has 0 spiro atoms. The fraction of sp³-hybridized carbons (Fsp3) is 0.0476. The SMILES string of the molecule is Cc1cc(NC(=O)c2cccc(N)c2)ccc1NC(=O)c1cccc(N)c1. The molecule has 3 rings (SSSR count). The highest BCUT2D eigenvalue weighted by atomic mass is 16.2. The third-order valence-electron chi connectivity index (χ3n) is 4.03. The minimum atomic E-state index is -0.252. The van der Waals surface area contributed by atoms with Crippen molar-refractivity contribution < 1.29 is 9.59 Å². The summed E-state index contributed by atoms with van der Waals surface area (Å²) in [6.07, 6.45) is 0. The average Bonchev–Trinajstić information content (AvgIpc) is 2.64. The van der Waals surface area contributed by atoms with Crippen LogP contribution in [0, 0.1) is 6.92 Å². The Morgan fingerprint density at radius 3 is 1.81 bits per heavy atom. The van der Waals surface area contributed by atoms with E-state index in [9.17, 15) is 9.59 Å². The number of anilines is 4. The molecule has 3 aromatic carbocycles. The van der Waals surface area contributed by atoms with Gasteiger partial charge in [0.05, 0.1) is 0 Å². The maximum absolute atomic E-state index is 12.3. The number of nitrogen functional groups attached to an aromatic ring is 2. The van der Waals surface area contributed by atoms with E-state index in [1.165, 1.54) is 0 Å². The Morgan fingerprint density at radius 2 is 1.30 bits per heavy atom. The van der Waals surface area contributed by atoms with Gasteiger partial charge in [-0.25, -0.2) is 0 Å². The fourth-order valence-corrected chi connectivity index (χ4v) is 2.64. The zero-order valence-corrected chi connectivity index (χ0v) is 14.8. The number of carbonyl (C=O) groups excluding carboxylic acids is 2. The molecule has 2 amide bonds. The van der Waals surface area contributed by atoms with Crippen molar-refractivity contribution in [2.75, 3.05) is 22.1 Å². The second-order valence-electron chi connectivity index (χ2n) is 6.19. The van der Waals surface area contributed by atoms with E-state index in [2.05, 4.69) is 10.6 Å². The van der Waals surface area contributed by atoms with Gasteiger partial charge >= 0.3 is 0 Å². The van der Waals surface area contributed by atoms with Gasteiger partial charge in [0.2, 0.25) is 0 Å². The molecule has 0 aromatic heterocycles. The maximum Gasteiger partial charge on any atom is 0.255 e. The summed E-state index contributed by atoms with van der Waals surface area (Å²) in [5.74, 6) is -0.500.